The van der Waals surface area contributed by atoms with Gasteiger partial charge in [-0.15, -0.1) is 0 Å². The molecule has 0 unspecified atom stereocenters. The second-order valence-corrected chi connectivity index (χ2v) is 7.11. The minimum Gasteiger partial charge on any atom is -0.489 e. The summed E-state index contributed by atoms with van der Waals surface area (Å²) in [5.74, 6) is 0.328. The van der Waals surface area contributed by atoms with Crippen LogP contribution >= 0.6 is 11.6 Å². The Morgan fingerprint density at radius 3 is 2.43 bits per heavy atom. The van der Waals surface area contributed by atoms with Crippen molar-refractivity contribution in [3.63, 3.8) is 0 Å². The molecule has 0 atom stereocenters. The van der Waals surface area contributed by atoms with E-state index in [1.807, 2.05) is 61.6 Å². The molecule has 3 aromatic rings. The molecule has 0 bridgehead atoms. The van der Waals surface area contributed by atoms with Crippen molar-refractivity contribution in [2.24, 2.45) is 0 Å². The maximum absolute atomic E-state index is 12.1. The van der Waals surface area contributed by atoms with Crippen molar-refractivity contribution in [1.82, 2.24) is 0 Å². The molecule has 0 amide bonds. The molecule has 0 aromatic heterocycles. The van der Waals surface area contributed by atoms with Gasteiger partial charge in [0.1, 0.15) is 12.4 Å². The summed E-state index contributed by atoms with van der Waals surface area (Å²) < 4.78 is 11.0. The van der Waals surface area contributed by atoms with Gasteiger partial charge in [0.25, 0.3) is 0 Å². The monoisotopic (exact) mass is 421 g/mol. The Kier molecular flexibility index (Phi) is 7.15. The summed E-state index contributed by atoms with van der Waals surface area (Å²) in [6, 6.07) is 23.4. The molecular weight excluding hydrogens is 398 g/mol. The third kappa shape index (κ3) is 5.02. The Morgan fingerprint density at radius 2 is 1.73 bits per heavy atom. The molecule has 0 aliphatic carbocycles. The maximum atomic E-state index is 12.1. The molecule has 0 aliphatic rings. The topological polar surface area (TPSA) is 38.8 Å². The molecule has 3 rings (SSSR count). The Bertz CT molecular complexity index is 1050. The number of rotatable bonds is 7. The van der Waals surface area contributed by atoms with E-state index in [9.17, 15) is 4.79 Å². The van der Waals surface area contributed by atoms with Crippen LogP contribution in [0, 0.1) is 0 Å². The fraction of sp³-hybridized carbons (Fsp3) is 0.160. The molecule has 3 aromatic carbocycles. The molecule has 0 aliphatic heterocycles. The molecule has 0 spiro atoms. The molecule has 4 nitrogen and oxygen atoms in total. The molecule has 0 N–H and O–H groups in total. The van der Waals surface area contributed by atoms with Crippen LogP contribution in [0.1, 0.15) is 18.1 Å². The van der Waals surface area contributed by atoms with Crippen LogP contribution in [0.2, 0.25) is 5.02 Å². The van der Waals surface area contributed by atoms with E-state index in [0.29, 0.717) is 10.6 Å². The van der Waals surface area contributed by atoms with Crippen molar-refractivity contribution in [3.8, 4) is 5.75 Å². The first-order valence-electron chi connectivity index (χ1n) is 9.58. The Morgan fingerprint density at radius 1 is 1.00 bits per heavy atom. The fourth-order valence-electron chi connectivity index (χ4n) is 3.18. The Hall–Kier alpha value is -3.24. The first kappa shape index (κ1) is 21.5. The van der Waals surface area contributed by atoms with Gasteiger partial charge in [0, 0.05) is 29.5 Å². The van der Waals surface area contributed by atoms with Gasteiger partial charge < -0.3 is 14.4 Å². The third-order valence-electron chi connectivity index (χ3n) is 4.79. The molecule has 0 radical (unpaired) electrons. The van der Waals surface area contributed by atoms with E-state index in [-0.39, 0.29) is 6.61 Å². The van der Waals surface area contributed by atoms with Gasteiger partial charge in [-0.05, 0) is 54.4 Å². The quantitative estimate of drug-likeness (QED) is 0.333. The first-order valence-corrected chi connectivity index (χ1v) is 9.96. The largest absolute Gasteiger partial charge is 0.489 e. The number of esters is 1. The highest BCUT2D eigenvalue weighted by Crippen LogP contribution is 2.29. The predicted octanol–water partition coefficient (Wildman–Crippen LogP) is 6.26. The van der Waals surface area contributed by atoms with Crippen LogP contribution in [0.3, 0.4) is 0 Å². The lowest BCUT2D eigenvalue weighted by Crippen LogP contribution is -2.10. The molecule has 0 fully saturated rings. The van der Waals surface area contributed by atoms with Gasteiger partial charge in [-0.2, -0.15) is 0 Å². The molecular formula is C25H24ClNO3. The van der Waals surface area contributed by atoms with Crippen molar-refractivity contribution in [1.29, 1.82) is 0 Å². The molecule has 5 heteroatoms. The van der Waals surface area contributed by atoms with Crippen LogP contribution in [0.15, 0.2) is 78.9 Å². The Balaban J connectivity index is 1.83. The minimum absolute atomic E-state index is 0.267. The van der Waals surface area contributed by atoms with Crippen LogP contribution < -0.4 is 9.64 Å². The van der Waals surface area contributed by atoms with Gasteiger partial charge in [0.05, 0.1) is 12.7 Å². The number of halogens is 1. The summed E-state index contributed by atoms with van der Waals surface area (Å²) in [4.78, 5) is 14.2. The number of hydrogen-bond acceptors (Lipinski definition) is 4. The van der Waals surface area contributed by atoms with Gasteiger partial charge >= 0.3 is 5.97 Å². The van der Waals surface area contributed by atoms with Crippen molar-refractivity contribution >= 4 is 34.5 Å². The number of nitrogens with zero attached hydrogens (tertiary/aromatic N) is 1. The Labute approximate surface area is 182 Å². The number of ether oxygens (including phenoxy) is 2. The average Bonchev–Trinajstić information content (AvgIpc) is 2.79. The van der Waals surface area contributed by atoms with Crippen LogP contribution in [-0.4, -0.2) is 20.1 Å². The summed E-state index contributed by atoms with van der Waals surface area (Å²) in [7, 11) is 3.38. The predicted molar refractivity (Wildman–Crippen MR) is 122 cm³/mol. The zero-order chi connectivity index (χ0) is 21.5. The highest BCUT2D eigenvalue weighted by atomic mass is 35.5. The highest BCUT2D eigenvalue weighted by molar-refractivity contribution is 6.30. The lowest BCUT2D eigenvalue weighted by atomic mass is 10.00. The van der Waals surface area contributed by atoms with Crippen LogP contribution in [0.25, 0.3) is 5.57 Å². The minimum atomic E-state index is -0.396. The summed E-state index contributed by atoms with van der Waals surface area (Å²) >= 11 is 6.20. The standard InChI is InChI=1S/C25H24ClNO3/c1-4-23(25(28)29-3)24-14-13-19(26)15-18(24)17-30-22-12-8-11-21(16-22)27(2)20-9-6-5-7-10-20/h4-16H,17H2,1-3H3. The van der Waals surface area contributed by atoms with E-state index in [2.05, 4.69) is 17.0 Å². The fourth-order valence-corrected chi connectivity index (χ4v) is 3.38. The molecule has 154 valence electrons. The van der Waals surface area contributed by atoms with E-state index in [1.165, 1.54) is 7.11 Å². The number of methoxy groups -OCH3 is 1. The second-order valence-electron chi connectivity index (χ2n) is 6.68. The van der Waals surface area contributed by atoms with Crippen LogP contribution in [0.4, 0.5) is 11.4 Å². The van der Waals surface area contributed by atoms with E-state index in [1.54, 1.807) is 19.1 Å². The molecule has 0 heterocycles. The first-order chi connectivity index (χ1) is 14.5. The van der Waals surface area contributed by atoms with Crippen molar-refractivity contribution in [2.45, 2.75) is 13.5 Å². The van der Waals surface area contributed by atoms with Gasteiger partial charge in [-0.1, -0.05) is 48.0 Å². The normalized spacial score (nSPS) is 11.1. The van der Waals surface area contributed by atoms with E-state index in [4.69, 9.17) is 21.1 Å². The number of carbonyl (C=O) groups is 1. The molecule has 30 heavy (non-hydrogen) atoms. The summed E-state index contributed by atoms with van der Waals surface area (Å²) in [6.45, 7) is 2.07. The average molecular weight is 422 g/mol. The van der Waals surface area contributed by atoms with Crippen molar-refractivity contribution in [3.05, 3.63) is 95.0 Å². The lowest BCUT2D eigenvalue weighted by Gasteiger charge is -2.20. The summed E-state index contributed by atoms with van der Waals surface area (Å²) in [6.07, 6.45) is 1.73. The third-order valence-corrected chi connectivity index (χ3v) is 5.03. The zero-order valence-corrected chi connectivity index (χ0v) is 18.0. The van der Waals surface area contributed by atoms with Crippen molar-refractivity contribution in [2.75, 3.05) is 19.1 Å². The second kappa shape index (κ2) is 9.99. The van der Waals surface area contributed by atoms with Crippen molar-refractivity contribution < 1.29 is 14.3 Å². The van der Waals surface area contributed by atoms with E-state index >= 15 is 0 Å². The molecule has 0 saturated carbocycles. The van der Waals surface area contributed by atoms with Gasteiger partial charge in [-0.3, -0.25) is 0 Å². The number of para-hydroxylation sites is 1. The van der Waals surface area contributed by atoms with Gasteiger partial charge in [0.2, 0.25) is 0 Å². The zero-order valence-electron chi connectivity index (χ0n) is 17.3. The number of allylic oxidation sites excluding steroid dienone is 1. The van der Waals surface area contributed by atoms with Crippen LogP contribution in [0.5, 0.6) is 5.75 Å². The number of carbonyl (C=O) groups excluding carboxylic acids is 1. The number of anilines is 2. The van der Waals surface area contributed by atoms with E-state index in [0.717, 1.165) is 28.3 Å². The smallest absolute Gasteiger partial charge is 0.338 e. The summed E-state index contributed by atoms with van der Waals surface area (Å²) in [5.41, 5.74) is 4.12. The number of benzene rings is 3. The highest BCUT2D eigenvalue weighted by Gasteiger charge is 2.16. The van der Waals surface area contributed by atoms with Crippen LogP contribution in [-0.2, 0) is 16.1 Å². The lowest BCUT2D eigenvalue weighted by molar-refractivity contribution is -0.133. The van der Waals surface area contributed by atoms with Gasteiger partial charge in [0.15, 0.2) is 0 Å². The van der Waals surface area contributed by atoms with Gasteiger partial charge in [-0.25, -0.2) is 4.79 Å². The van der Waals surface area contributed by atoms with E-state index < -0.39 is 5.97 Å². The molecule has 0 saturated heterocycles. The summed E-state index contributed by atoms with van der Waals surface area (Å²) in [5, 5.41) is 0.579. The number of hydrogen-bond donors (Lipinski definition) is 0. The SMILES string of the molecule is CC=C(C(=O)OC)c1ccc(Cl)cc1COc1cccc(N(C)c2ccccc2)c1. The maximum Gasteiger partial charge on any atom is 0.338 e.